The van der Waals surface area contributed by atoms with E-state index >= 15 is 0 Å². The summed E-state index contributed by atoms with van der Waals surface area (Å²) in [6.45, 7) is 0. The summed E-state index contributed by atoms with van der Waals surface area (Å²) in [5.41, 5.74) is 5.32. The number of hydrazine groups is 1. The first-order valence-corrected chi connectivity index (χ1v) is 8.33. The van der Waals surface area contributed by atoms with Crippen LogP contribution in [0.4, 0.5) is 23.0 Å². The van der Waals surface area contributed by atoms with E-state index in [1.807, 2.05) is 0 Å². The van der Waals surface area contributed by atoms with E-state index in [1.165, 1.54) is 6.20 Å². The van der Waals surface area contributed by atoms with Crippen molar-refractivity contribution in [1.29, 1.82) is 0 Å². The number of aromatic nitrogens is 3. The minimum atomic E-state index is -0.647. The maximum atomic E-state index is 12.3. The van der Waals surface area contributed by atoms with Crippen molar-refractivity contribution < 1.29 is 9.72 Å². The average molecular weight is 430 g/mol. The Morgan fingerprint density at radius 3 is 2.59 bits per heavy atom. The van der Waals surface area contributed by atoms with Crippen LogP contribution < -0.4 is 16.2 Å². The van der Waals surface area contributed by atoms with Crippen LogP contribution in [-0.2, 0) is 0 Å². The lowest BCUT2D eigenvalue weighted by molar-refractivity contribution is -0.383. The van der Waals surface area contributed by atoms with Crippen LogP contribution in [0.2, 0.25) is 0 Å². The van der Waals surface area contributed by atoms with Crippen molar-refractivity contribution >= 4 is 44.8 Å². The van der Waals surface area contributed by atoms with Gasteiger partial charge in [-0.05, 0) is 40.2 Å². The predicted octanol–water partition coefficient (Wildman–Crippen LogP) is 3.04. The zero-order chi connectivity index (χ0) is 19.2. The largest absolute Gasteiger partial charge is 0.355 e. The Morgan fingerprint density at radius 1 is 1.11 bits per heavy atom. The van der Waals surface area contributed by atoms with E-state index in [1.54, 1.807) is 42.6 Å². The van der Waals surface area contributed by atoms with Crippen LogP contribution in [0.1, 0.15) is 10.4 Å². The lowest BCUT2D eigenvalue weighted by Crippen LogP contribution is -2.30. The van der Waals surface area contributed by atoms with E-state index in [9.17, 15) is 14.9 Å². The molecule has 10 nitrogen and oxygen atoms in total. The van der Waals surface area contributed by atoms with Gasteiger partial charge in [-0.1, -0.05) is 12.1 Å². The van der Waals surface area contributed by atoms with Crippen molar-refractivity contribution in [2.45, 2.75) is 0 Å². The number of rotatable bonds is 6. The molecule has 11 heteroatoms. The molecular formula is C16H12BrN7O3. The zero-order valence-electron chi connectivity index (χ0n) is 13.6. The van der Waals surface area contributed by atoms with Crippen molar-refractivity contribution in [2.75, 3.05) is 10.7 Å². The van der Waals surface area contributed by atoms with E-state index in [0.29, 0.717) is 15.7 Å². The molecule has 2 heterocycles. The third-order valence-electron chi connectivity index (χ3n) is 3.34. The van der Waals surface area contributed by atoms with Crippen LogP contribution in [0, 0.1) is 10.1 Å². The van der Waals surface area contributed by atoms with Crippen LogP contribution in [0.3, 0.4) is 0 Å². The summed E-state index contributed by atoms with van der Waals surface area (Å²) in [5.74, 6) is -0.695. The highest BCUT2D eigenvalue weighted by molar-refractivity contribution is 9.10. The molecule has 0 aliphatic carbocycles. The number of hydrogen-bond donors (Lipinski definition) is 3. The molecule has 0 atom stereocenters. The van der Waals surface area contributed by atoms with Gasteiger partial charge in [0.2, 0.25) is 11.6 Å². The van der Waals surface area contributed by atoms with Gasteiger partial charge in [0, 0.05) is 10.7 Å². The molecule has 0 saturated heterocycles. The summed E-state index contributed by atoms with van der Waals surface area (Å²) in [4.78, 5) is 34.8. The second-order valence-corrected chi connectivity index (χ2v) is 5.96. The highest BCUT2D eigenvalue weighted by Crippen LogP contribution is 2.30. The fraction of sp³-hybridized carbons (Fsp3) is 0. The first-order valence-electron chi connectivity index (χ1n) is 7.53. The van der Waals surface area contributed by atoms with Gasteiger partial charge in [0.15, 0.2) is 0 Å². The monoisotopic (exact) mass is 429 g/mol. The Labute approximate surface area is 161 Å². The number of amides is 1. The topological polar surface area (TPSA) is 135 Å². The lowest BCUT2D eigenvalue weighted by Gasteiger charge is -2.11. The molecule has 3 N–H and O–H groups in total. The Balaban J connectivity index is 1.83. The summed E-state index contributed by atoms with van der Waals surface area (Å²) >= 11 is 3.27. The molecule has 0 spiro atoms. The number of nitrogens with zero attached hydrogens (tertiary/aromatic N) is 4. The molecule has 0 radical (unpaired) electrons. The zero-order valence-corrected chi connectivity index (χ0v) is 15.2. The number of carbonyl (C=O) groups is 1. The quantitative estimate of drug-likeness (QED) is 0.401. The first-order chi connectivity index (χ1) is 13.1. The van der Waals surface area contributed by atoms with E-state index in [-0.39, 0.29) is 11.6 Å². The standard InChI is InChI=1S/C16H12BrN7O3/c17-12-6-2-1-5-11(12)16(25)23-22-15-13(24(26)27)14(19-9-20-15)21-10-4-3-7-18-8-10/h1-9H,(H,23,25)(H2,19,20,21,22). The fourth-order valence-electron chi connectivity index (χ4n) is 2.14. The molecule has 2 aromatic heterocycles. The van der Waals surface area contributed by atoms with Gasteiger partial charge in [-0.25, -0.2) is 9.97 Å². The minimum absolute atomic E-state index is 0.0411. The smallest absolute Gasteiger partial charge is 0.333 e. The van der Waals surface area contributed by atoms with Gasteiger partial charge in [0.1, 0.15) is 6.33 Å². The number of hydrogen-bond acceptors (Lipinski definition) is 8. The van der Waals surface area contributed by atoms with Crippen LogP contribution >= 0.6 is 15.9 Å². The molecule has 0 aliphatic heterocycles. The summed E-state index contributed by atoms with van der Waals surface area (Å²) in [6.07, 6.45) is 4.20. The fourth-order valence-corrected chi connectivity index (χ4v) is 2.60. The summed E-state index contributed by atoms with van der Waals surface area (Å²) in [5, 5.41) is 14.3. The number of nitrogens with one attached hydrogen (secondary N) is 3. The van der Waals surface area contributed by atoms with E-state index in [0.717, 1.165) is 6.33 Å². The van der Waals surface area contributed by atoms with Gasteiger partial charge in [0.25, 0.3) is 5.91 Å². The highest BCUT2D eigenvalue weighted by atomic mass is 79.9. The molecule has 0 unspecified atom stereocenters. The molecule has 0 bridgehead atoms. The number of benzene rings is 1. The van der Waals surface area contributed by atoms with Crippen LogP contribution in [0.15, 0.2) is 59.6 Å². The molecule has 27 heavy (non-hydrogen) atoms. The van der Waals surface area contributed by atoms with E-state index < -0.39 is 16.5 Å². The van der Waals surface area contributed by atoms with Crippen LogP contribution in [0.5, 0.6) is 0 Å². The number of pyridine rings is 1. The molecular weight excluding hydrogens is 418 g/mol. The Bertz CT molecular complexity index is 985. The Kier molecular flexibility index (Phi) is 5.52. The lowest BCUT2D eigenvalue weighted by atomic mass is 10.2. The number of carbonyl (C=O) groups excluding carboxylic acids is 1. The van der Waals surface area contributed by atoms with Gasteiger partial charge in [0.05, 0.1) is 22.4 Å². The number of anilines is 3. The first kappa shape index (κ1) is 18.2. The number of halogens is 1. The van der Waals surface area contributed by atoms with Crippen molar-refractivity contribution in [1.82, 2.24) is 20.4 Å². The third kappa shape index (κ3) is 4.33. The molecule has 1 aromatic carbocycles. The van der Waals surface area contributed by atoms with E-state index in [4.69, 9.17) is 0 Å². The molecule has 3 aromatic rings. The SMILES string of the molecule is O=C(NNc1ncnc(Nc2cccnc2)c1[N+](=O)[O-])c1ccccc1Br. The normalized spacial score (nSPS) is 10.1. The Hall–Kier alpha value is -3.60. The summed E-state index contributed by atoms with van der Waals surface area (Å²) in [7, 11) is 0. The molecule has 0 fully saturated rings. The number of nitro groups is 1. The van der Waals surface area contributed by atoms with Crippen LogP contribution in [0.25, 0.3) is 0 Å². The van der Waals surface area contributed by atoms with Crippen molar-refractivity contribution in [3.63, 3.8) is 0 Å². The molecule has 1 amide bonds. The van der Waals surface area contributed by atoms with Crippen molar-refractivity contribution in [3.8, 4) is 0 Å². The maximum Gasteiger partial charge on any atom is 0.355 e. The average Bonchev–Trinajstić information content (AvgIpc) is 2.67. The second kappa shape index (κ2) is 8.19. The van der Waals surface area contributed by atoms with Gasteiger partial charge < -0.3 is 5.32 Å². The maximum absolute atomic E-state index is 12.3. The molecule has 0 saturated carbocycles. The summed E-state index contributed by atoms with van der Waals surface area (Å²) in [6, 6.07) is 10.1. The van der Waals surface area contributed by atoms with Crippen molar-refractivity contribution in [2.24, 2.45) is 0 Å². The van der Waals surface area contributed by atoms with Gasteiger partial charge >= 0.3 is 5.69 Å². The van der Waals surface area contributed by atoms with E-state index in [2.05, 4.69) is 47.1 Å². The Morgan fingerprint density at radius 2 is 1.89 bits per heavy atom. The third-order valence-corrected chi connectivity index (χ3v) is 4.03. The molecule has 0 aliphatic rings. The molecule has 136 valence electrons. The van der Waals surface area contributed by atoms with Crippen molar-refractivity contribution in [3.05, 3.63) is 75.3 Å². The minimum Gasteiger partial charge on any atom is -0.333 e. The van der Waals surface area contributed by atoms with Crippen LogP contribution in [-0.4, -0.2) is 25.8 Å². The second-order valence-electron chi connectivity index (χ2n) is 5.10. The highest BCUT2D eigenvalue weighted by Gasteiger charge is 2.24. The predicted molar refractivity (Wildman–Crippen MR) is 101 cm³/mol. The van der Waals surface area contributed by atoms with Gasteiger partial charge in [-0.15, -0.1) is 0 Å². The van der Waals surface area contributed by atoms with Gasteiger partial charge in [-0.2, -0.15) is 0 Å². The molecule has 3 rings (SSSR count). The summed E-state index contributed by atoms with van der Waals surface area (Å²) < 4.78 is 0.584. The van der Waals surface area contributed by atoms with Gasteiger partial charge in [-0.3, -0.25) is 30.7 Å².